The van der Waals surface area contributed by atoms with Gasteiger partial charge in [0.1, 0.15) is 11.6 Å². The summed E-state index contributed by atoms with van der Waals surface area (Å²) in [6, 6.07) is 7.34. The van der Waals surface area contributed by atoms with Crippen molar-refractivity contribution in [1.82, 2.24) is 14.9 Å². The Kier molecular flexibility index (Phi) is 4.86. The van der Waals surface area contributed by atoms with Crippen LogP contribution in [0.25, 0.3) is 0 Å². The van der Waals surface area contributed by atoms with Gasteiger partial charge >= 0.3 is 0 Å². The average molecular weight is 314 g/mol. The maximum atomic E-state index is 13.8. The number of hydrogen-bond donors (Lipinski definition) is 1. The molecule has 0 bridgehead atoms. The predicted molar refractivity (Wildman–Crippen MR) is 89.8 cm³/mol. The number of aromatic nitrogens is 2. The number of hydrogen-bond acceptors (Lipinski definition) is 4. The van der Waals surface area contributed by atoms with Crippen molar-refractivity contribution in [1.29, 1.82) is 0 Å². The van der Waals surface area contributed by atoms with Crippen molar-refractivity contribution < 1.29 is 4.39 Å². The largest absolute Gasteiger partial charge is 0.365 e. The van der Waals surface area contributed by atoms with Crippen molar-refractivity contribution in [2.45, 2.75) is 39.3 Å². The quantitative estimate of drug-likeness (QED) is 0.940. The van der Waals surface area contributed by atoms with Gasteiger partial charge in [-0.15, -0.1) is 0 Å². The summed E-state index contributed by atoms with van der Waals surface area (Å²) in [5.74, 6) is 0.741. The summed E-state index contributed by atoms with van der Waals surface area (Å²) < 4.78 is 13.8. The molecule has 1 unspecified atom stereocenters. The highest BCUT2D eigenvalue weighted by atomic mass is 19.1. The van der Waals surface area contributed by atoms with Crippen LogP contribution in [0.5, 0.6) is 0 Å². The summed E-state index contributed by atoms with van der Waals surface area (Å²) in [6.45, 7) is 6.47. The molecule has 122 valence electrons. The van der Waals surface area contributed by atoms with Crippen molar-refractivity contribution in [3.05, 3.63) is 53.2 Å². The van der Waals surface area contributed by atoms with Crippen LogP contribution in [-0.4, -0.2) is 34.0 Å². The second-order valence-electron chi connectivity index (χ2n) is 6.26. The van der Waals surface area contributed by atoms with E-state index in [0.717, 1.165) is 48.7 Å². The van der Waals surface area contributed by atoms with Crippen LogP contribution in [0.3, 0.4) is 0 Å². The fourth-order valence-electron chi connectivity index (χ4n) is 3.05. The van der Waals surface area contributed by atoms with E-state index in [0.29, 0.717) is 12.6 Å². The highest BCUT2D eigenvalue weighted by Gasteiger charge is 2.21. The van der Waals surface area contributed by atoms with Gasteiger partial charge in [0.2, 0.25) is 0 Å². The third kappa shape index (κ3) is 4.05. The number of rotatable bonds is 4. The Bertz CT molecular complexity index is 674. The highest BCUT2D eigenvalue weighted by Crippen LogP contribution is 2.19. The summed E-state index contributed by atoms with van der Waals surface area (Å²) >= 11 is 0. The van der Waals surface area contributed by atoms with E-state index in [1.54, 1.807) is 12.3 Å². The summed E-state index contributed by atoms with van der Waals surface area (Å²) in [5, 5.41) is 3.51. The molecule has 1 atom stereocenters. The second-order valence-corrected chi connectivity index (χ2v) is 6.26. The van der Waals surface area contributed by atoms with E-state index in [9.17, 15) is 4.39 Å². The first kappa shape index (κ1) is 15.9. The van der Waals surface area contributed by atoms with Crippen LogP contribution in [0.15, 0.2) is 30.5 Å². The molecule has 2 heterocycles. The third-order valence-corrected chi connectivity index (χ3v) is 4.27. The minimum Gasteiger partial charge on any atom is -0.365 e. The normalized spacial score (nSPS) is 18.8. The molecule has 0 saturated carbocycles. The molecular weight excluding hydrogens is 291 g/mol. The minimum atomic E-state index is -0.122. The Labute approximate surface area is 136 Å². The van der Waals surface area contributed by atoms with Crippen molar-refractivity contribution in [2.75, 3.05) is 18.4 Å². The van der Waals surface area contributed by atoms with E-state index in [1.165, 1.54) is 6.07 Å². The minimum absolute atomic E-state index is 0.122. The molecule has 0 spiro atoms. The lowest BCUT2D eigenvalue weighted by Gasteiger charge is -2.33. The standard InChI is InChI=1S/C18H23FN4/c1-13-10-20-14(2)18(21-13)22-16-7-5-9-23(12-16)11-15-6-3-4-8-17(15)19/h3-4,6,8,10,16H,5,7,9,11-12H2,1-2H3,(H,21,22). The van der Waals surface area contributed by atoms with E-state index in [1.807, 2.05) is 26.0 Å². The Morgan fingerprint density at radius 2 is 2.13 bits per heavy atom. The Morgan fingerprint density at radius 3 is 2.96 bits per heavy atom. The molecule has 4 nitrogen and oxygen atoms in total. The summed E-state index contributed by atoms with van der Waals surface area (Å²) in [5.41, 5.74) is 2.60. The first-order valence-corrected chi connectivity index (χ1v) is 8.14. The van der Waals surface area contributed by atoms with Crippen LogP contribution in [0.4, 0.5) is 10.2 Å². The molecule has 1 aliphatic heterocycles. The van der Waals surface area contributed by atoms with Gasteiger partial charge in [-0.2, -0.15) is 0 Å². The van der Waals surface area contributed by atoms with Crippen LogP contribution < -0.4 is 5.32 Å². The van der Waals surface area contributed by atoms with E-state index in [-0.39, 0.29) is 5.82 Å². The Balaban J connectivity index is 1.64. The third-order valence-electron chi connectivity index (χ3n) is 4.27. The fraction of sp³-hybridized carbons (Fsp3) is 0.444. The van der Waals surface area contributed by atoms with Gasteiger partial charge < -0.3 is 5.32 Å². The van der Waals surface area contributed by atoms with Gasteiger partial charge in [0.25, 0.3) is 0 Å². The molecule has 1 fully saturated rings. The number of likely N-dealkylation sites (tertiary alicyclic amines) is 1. The topological polar surface area (TPSA) is 41.1 Å². The van der Waals surface area contributed by atoms with Crippen molar-refractivity contribution in [3.8, 4) is 0 Å². The number of benzene rings is 1. The van der Waals surface area contributed by atoms with Crippen molar-refractivity contribution >= 4 is 5.82 Å². The molecule has 0 aliphatic carbocycles. The number of piperidine rings is 1. The van der Waals surface area contributed by atoms with Crippen LogP contribution >= 0.6 is 0 Å². The maximum absolute atomic E-state index is 13.8. The summed E-state index contributed by atoms with van der Waals surface area (Å²) in [4.78, 5) is 11.2. The molecule has 0 radical (unpaired) electrons. The monoisotopic (exact) mass is 314 g/mol. The van der Waals surface area contributed by atoms with Gasteiger partial charge in [-0.05, 0) is 39.3 Å². The van der Waals surface area contributed by atoms with Crippen LogP contribution in [0, 0.1) is 19.7 Å². The molecular formula is C18H23FN4. The zero-order chi connectivity index (χ0) is 16.2. The zero-order valence-electron chi connectivity index (χ0n) is 13.7. The van der Waals surface area contributed by atoms with Gasteiger partial charge in [-0.1, -0.05) is 18.2 Å². The van der Waals surface area contributed by atoms with Gasteiger partial charge in [0.05, 0.1) is 11.4 Å². The second kappa shape index (κ2) is 7.04. The van der Waals surface area contributed by atoms with E-state index in [2.05, 4.69) is 20.2 Å². The lowest BCUT2D eigenvalue weighted by molar-refractivity contribution is 0.206. The number of nitrogens with one attached hydrogen (secondary N) is 1. The van der Waals surface area contributed by atoms with Gasteiger partial charge in [0, 0.05) is 30.9 Å². The Hall–Kier alpha value is -2.01. The number of anilines is 1. The zero-order valence-corrected chi connectivity index (χ0v) is 13.7. The number of nitrogens with zero attached hydrogens (tertiary/aromatic N) is 3. The van der Waals surface area contributed by atoms with E-state index >= 15 is 0 Å². The van der Waals surface area contributed by atoms with E-state index < -0.39 is 0 Å². The molecule has 1 aliphatic rings. The van der Waals surface area contributed by atoms with Crippen LogP contribution in [0.2, 0.25) is 0 Å². The van der Waals surface area contributed by atoms with Gasteiger partial charge in [-0.3, -0.25) is 9.88 Å². The fourth-order valence-corrected chi connectivity index (χ4v) is 3.05. The molecule has 1 saturated heterocycles. The predicted octanol–water partition coefficient (Wildman–Crippen LogP) is 3.31. The van der Waals surface area contributed by atoms with Gasteiger partial charge in [0.15, 0.2) is 0 Å². The number of aryl methyl sites for hydroxylation is 2. The number of halogens is 1. The van der Waals surface area contributed by atoms with Crippen molar-refractivity contribution in [3.63, 3.8) is 0 Å². The molecule has 1 aromatic heterocycles. The maximum Gasteiger partial charge on any atom is 0.148 e. The molecule has 1 N–H and O–H groups in total. The molecule has 23 heavy (non-hydrogen) atoms. The Morgan fingerprint density at radius 1 is 1.30 bits per heavy atom. The van der Waals surface area contributed by atoms with Crippen LogP contribution in [-0.2, 0) is 6.54 Å². The molecule has 5 heteroatoms. The molecule has 1 aromatic carbocycles. The molecule has 3 rings (SSSR count). The molecule has 0 amide bonds. The first-order valence-electron chi connectivity index (χ1n) is 8.14. The summed E-state index contributed by atoms with van der Waals surface area (Å²) in [7, 11) is 0. The highest BCUT2D eigenvalue weighted by molar-refractivity contribution is 5.40. The SMILES string of the molecule is Cc1cnc(C)c(NC2CCCN(Cc3ccccc3F)C2)n1. The van der Waals surface area contributed by atoms with Gasteiger partial charge in [-0.25, -0.2) is 9.37 Å². The average Bonchev–Trinajstić information content (AvgIpc) is 2.54. The van der Waals surface area contributed by atoms with E-state index in [4.69, 9.17) is 0 Å². The van der Waals surface area contributed by atoms with Crippen LogP contribution in [0.1, 0.15) is 29.8 Å². The smallest absolute Gasteiger partial charge is 0.148 e. The summed E-state index contributed by atoms with van der Waals surface area (Å²) in [6.07, 6.45) is 3.99. The lowest BCUT2D eigenvalue weighted by atomic mass is 10.0. The first-order chi connectivity index (χ1) is 11.1. The molecule has 2 aromatic rings. The lowest BCUT2D eigenvalue weighted by Crippen LogP contribution is -2.42. The van der Waals surface area contributed by atoms with Crippen molar-refractivity contribution in [2.24, 2.45) is 0 Å².